The van der Waals surface area contributed by atoms with Gasteiger partial charge in [-0.05, 0) is 29.8 Å². The van der Waals surface area contributed by atoms with Gasteiger partial charge in [0.15, 0.2) is 5.13 Å². The van der Waals surface area contributed by atoms with Gasteiger partial charge in [0.2, 0.25) is 0 Å². The minimum Gasteiger partial charge on any atom is -0.489 e. The second kappa shape index (κ2) is 10.4. The summed E-state index contributed by atoms with van der Waals surface area (Å²) in [7, 11) is 0. The number of ether oxygens (including phenoxy) is 1. The second-order valence-electron chi connectivity index (χ2n) is 6.20. The van der Waals surface area contributed by atoms with E-state index in [1.54, 1.807) is 24.4 Å². The third-order valence-corrected chi connectivity index (χ3v) is 5.13. The SMILES string of the molecule is C=CCOc1ccccc1C=C(C#N)C(=O)Nc1ncc(Cc2cccc(Cl)c2)s1. The number of carbonyl (C=O) groups excluding carboxylic acids is 1. The summed E-state index contributed by atoms with van der Waals surface area (Å²) in [4.78, 5) is 17.8. The predicted octanol–water partition coefficient (Wildman–Crippen LogP) is 5.50. The Labute approximate surface area is 183 Å². The summed E-state index contributed by atoms with van der Waals surface area (Å²) in [5.41, 5.74) is 1.64. The van der Waals surface area contributed by atoms with Crippen molar-refractivity contribution >= 4 is 40.1 Å². The summed E-state index contributed by atoms with van der Waals surface area (Å²) >= 11 is 7.37. The zero-order valence-electron chi connectivity index (χ0n) is 16.0. The van der Waals surface area contributed by atoms with E-state index in [1.165, 1.54) is 17.4 Å². The third-order valence-electron chi connectivity index (χ3n) is 3.98. The summed E-state index contributed by atoms with van der Waals surface area (Å²) in [6.07, 6.45) is 5.48. The van der Waals surface area contributed by atoms with Gasteiger partial charge in [0, 0.05) is 28.1 Å². The fraction of sp³-hybridized carbons (Fsp3) is 0.0870. The van der Waals surface area contributed by atoms with E-state index >= 15 is 0 Å². The van der Waals surface area contributed by atoms with Crippen LogP contribution in [0, 0.1) is 11.3 Å². The molecule has 1 amide bonds. The smallest absolute Gasteiger partial charge is 0.268 e. The number of rotatable bonds is 8. The molecule has 0 atom stereocenters. The highest BCUT2D eigenvalue weighted by Crippen LogP contribution is 2.24. The number of para-hydroxylation sites is 1. The molecule has 1 heterocycles. The molecule has 0 unspecified atom stereocenters. The molecular weight excluding hydrogens is 418 g/mol. The van der Waals surface area contributed by atoms with E-state index in [0.29, 0.717) is 34.5 Å². The van der Waals surface area contributed by atoms with E-state index in [0.717, 1.165) is 10.4 Å². The van der Waals surface area contributed by atoms with Crippen molar-refractivity contribution in [2.45, 2.75) is 6.42 Å². The maximum atomic E-state index is 12.6. The summed E-state index contributed by atoms with van der Waals surface area (Å²) < 4.78 is 5.57. The summed E-state index contributed by atoms with van der Waals surface area (Å²) in [6, 6.07) is 16.7. The number of anilines is 1. The first-order chi connectivity index (χ1) is 14.6. The zero-order valence-corrected chi connectivity index (χ0v) is 17.5. The van der Waals surface area contributed by atoms with Crippen LogP contribution in [0.1, 0.15) is 16.0 Å². The van der Waals surface area contributed by atoms with E-state index in [-0.39, 0.29) is 5.57 Å². The molecule has 1 aromatic heterocycles. The maximum absolute atomic E-state index is 12.6. The van der Waals surface area contributed by atoms with Gasteiger partial charge in [-0.15, -0.1) is 11.3 Å². The number of nitriles is 1. The Bertz CT molecular complexity index is 1130. The van der Waals surface area contributed by atoms with Crippen LogP contribution in [-0.2, 0) is 11.2 Å². The number of thiazole rings is 1. The summed E-state index contributed by atoms with van der Waals surface area (Å²) in [5, 5.41) is 13.2. The highest BCUT2D eigenvalue weighted by atomic mass is 35.5. The van der Waals surface area contributed by atoms with Gasteiger partial charge in [-0.25, -0.2) is 4.98 Å². The number of aromatic nitrogens is 1. The molecule has 3 rings (SSSR count). The van der Waals surface area contributed by atoms with Crippen molar-refractivity contribution in [2.75, 3.05) is 11.9 Å². The molecule has 0 fully saturated rings. The first-order valence-electron chi connectivity index (χ1n) is 9.04. The van der Waals surface area contributed by atoms with Crippen molar-refractivity contribution in [1.82, 2.24) is 4.98 Å². The largest absolute Gasteiger partial charge is 0.489 e. The van der Waals surface area contributed by atoms with E-state index < -0.39 is 5.91 Å². The van der Waals surface area contributed by atoms with Crippen molar-refractivity contribution in [1.29, 1.82) is 5.26 Å². The average molecular weight is 436 g/mol. The molecule has 0 aliphatic carbocycles. The van der Waals surface area contributed by atoms with Crippen LogP contribution < -0.4 is 10.1 Å². The van der Waals surface area contributed by atoms with Crippen LogP contribution in [0.5, 0.6) is 5.75 Å². The minimum absolute atomic E-state index is 0.0451. The Hall–Kier alpha value is -3.40. The monoisotopic (exact) mass is 435 g/mol. The number of nitrogens with one attached hydrogen (secondary N) is 1. The van der Waals surface area contributed by atoms with Gasteiger partial charge in [0.05, 0.1) is 0 Å². The van der Waals surface area contributed by atoms with Gasteiger partial charge in [-0.1, -0.05) is 54.6 Å². The summed E-state index contributed by atoms with van der Waals surface area (Å²) in [6.45, 7) is 3.95. The predicted molar refractivity (Wildman–Crippen MR) is 121 cm³/mol. The maximum Gasteiger partial charge on any atom is 0.268 e. The molecule has 7 heteroatoms. The fourth-order valence-corrected chi connectivity index (χ4v) is 3.70. The Kier molecular flexibility index (Phi) is 7.39. The Balaban J connectivity index is 1.72. The number of nitrogens with zero attached hydrogens (tertiary/aromatic N) is 2. The van der Waals surface area contributed by atoms with E-state index in [4.69, 9.17) is 16.3 Å². The van der Waals surface area contributed by atoms with Gasteiger partial charge in [0.25, 0.3) is 5.91 Å². The molecule has 2 aromatic carbocycles. The number of benzene rings is 2. The molecule has 0 radical (unpaired) electrons. The normalized spacial score (nSPS) is 10.9. The molecule has 3 aromatic rings. The van der Waals surface area contributed by atoms with E-state index in [9.17, 15) is 10.1 Å². The average Bonchev–Trinajstić information content (AvgIpc) is 3.17. The van der Waals surface area contributed by atoms with Crippen molar-refractivity contribution < 1.29 is 9.53 Å². The number of halogens is 1. The van der Waals surface area contributed by atoms with Crippen LogP contribution in [0.25, 0.3) is 6.08 Å². The van der Waals surface area contributed by atoms with Crippen molar-refractivity contribution in [3.05, 3.63) is 94.0 Å². The van der Waals surface area contributed by atoms with Crippen LogP contribution >= 0.6 is 22.9 Å². The third kappa shape index (κ3) is 5.80. The molecule has 0 aliphatic rings. The number of hydrogen-bond donors (Lipinski definition) is 1. The second-order valence-corrected chi connectivity index (χ2v) is 7.75. The molecule has 0 saturated heterocycles. The van der Waals surface area contributed by atoms with Gasteiger partial charge in [0.1, 0.15) is 24.0 Å². The molecule has 0 saturated carbocycles. The van der Waals surface area contributed by atoms with Crippen molar-refractivity contribution in [2.24, 2.45) is 0 Å². The first-order valence-corrected chi connectivity index (χ1v) is 10.2. The van der Waals surface area contributed by atoms with Crippen LogP contribution in [0.2, 0.25) is 5.02 Å². The van der Waals surface area contributed by atoms with E-state index in [2.05, 4.69) is 16.9 Å². The first kappa shape index (κ1) is 21.3. The molecule has 0 spiro atoms. The summed E-state index contributed by atoms with van der Waals surface area (Å²) in [5.74, 6) is 0.0377. The van der Waals surface area contributed by atoms with E-state index in [1.807, 2.05) is 42.5 Å². The zero-order chi connectivity index (χ0) is 21.3. The number of amides is 1. The highest BCUT2D eigenvalue weighted by Gasteiger charge is 2.13. The number of hydrogen-bond acceptors (Lipinski definition) is 5. The lowest BCUT2D eigenvalue weighted by atomic mass is 10.1. The fourth-order valence-electron chi connectivity index (χ4n) is 2.64. The van der Waals surface area contributed by atoms with Crippen molar-refractivity contribution in [3.63, 3.8) is 0 Å². The lowest BCUT2D eigenvalue weighted by Crippen LogP contribution is -2.13. The van der Waals surface area contributed by atoms with Gasteiger partial charge in [-0.2, -0.15) is 5.26 Å². The standard InChI is InChI=1S/C23H18ClN3O2S/c1-2-10-29-21-9-4-3-7-17(21)13-18(14-25)22(28)27-23-26-15-20(30-23)12-16-6-5-8-19(24)11-16/h2-9,11,13,15H,1,10,12H2,(H,26,27,28). The van der Waals surface area contributed by atoms with Crippen LogP contribution in [0.15, 0.2) is 73.0 Å². The van der Waals surface area contributed by atoms with Gasteiger partial charge < -0.3 is 4.74 Å². The Morgan fingerprint density at radius 1 is 1.30 bits per heavy atom. The highest BCUT2D eigenvalue weighted by molar-refractivity contribution is 7.15. The molecule has 5 nitrogen and oxygen atoms in total. The Morgan fingerprint density at radius 3 is 2.90 bits per heavy atom. The number of carbonyl (C=O) groups is 1. The topological polar surface area (TPSA) is 75.0 Å². The van der Waals surface area contributed by atoms with Crippen LogP contribution in [0.4, 0.5) is 5.13 Å². The molecular formula is C23H18ClN3O2S. The van der Waals surface area contributed by atoms with Gasteiger partial charge >= 0.3 is 0 Å². The van der Waals surface area contributed by atoms with Crippen LogP contribution in [-0.4, -0.2) is 17.5 Å². The minimum atomic E-state index is -0.528. The molecule has 0 aliphatic heterocycles. The lowest BCUT2D eigenvalue weighted by molar-refractivity contribution is -0.112. The lowest BCUT2D eigenvalue weighted by Gasteiger charge is -2.07. The van der Waals surface area contributed by atoms with Crippen molar-refractivity contribution in [3.8, 4) is 11.8 Å². The van der Waals surface area contributed by atoms with Gasteiger partial charge in [-0.3, -0.25) is 10.1 Å². The molecule has 150 valence electrons. The molecule has 1 N–H and O–H groups in total. The van der Waals surface area contributed by atoms with Crippen LogP contribution in [0.3, 0.4) is 0 Å². The molecule has 0 bridgehead atoms. The molecule has 30 heavy (non-hydrogen) atoms. The quantitative estimate of drug-likeness (QED) is 0.288. The Morgan fingerprint density at radius 2 is 2.13 bits per heavy atom.